The zero-order valence-corrected chi connectivity index (χ0v) is 11.2. The molecule has 3 nitrogen and oxygen atoms in total. The van der Waals surface area contributed by atoms with E-state index >= 15 is 0 Å². The summed E-state index contributed by atoms with van der Waals surface area (Å²) in [5.41, 5.74) is 0. The molecule has 0 aromatic rings. The Morgan fingerprint density at radius 1 is 1.38 bits per heavy atom. The molecule has 0 saturated heterocycles. The molecule has 16 heavy (non-hydrogen) atoms. The van der Waals surface area contributed by atoms with Gasteiger partial charge in [0.25, 0.3) is 0 Å². The molecule has 96 valence electrons. The fraction of sp³-hybridized carbons (Fsp3) is 1.00. The Morgan fingerprint density at radius 2 is 2.06 bits per heavy atom. The van der Waals surface area contributed by atoms with Crippen molar-refractivity contribution in [1.29, 1.82) is 0 Å². The predicted molar refractivity (Wildman–Crippen MR) is 66.1 cm³/mol. The van der Waals surface area contributed by atoms with Gasteiger partial charge in [-0.15, -0.1) is 0 Å². The summed E-state index contributed by atoms with van der Waals surface area (Å²) in [7, 11) is -2.87. The molecule has 3 unspecified atom stereocenters. The van der Waals surface area contributed by atoms with Gasteiger partial charge in [0.1, 0.15) is 9.84 Å². The minimum absolute atomic E-state index is 0.201. The van der Waals surface area contributed by atoms with Crippen LogP contribution in [0.3, 0.4) is 0 Å². The first-order valence-corrected chi connectivity index (χ1v) is 8.30. The Balaban J connectivity index is 2.26. The maximum absolute atomic E-state index is 11.0. The summed E-state index contributed by atoms with van der Waals surface area (Å²) in [6, 6.07) is 0. The molecule has 1 saturated carbocycles. The molecule has 0 spiro atoms. The minimum atomic E-state index is -2.87. The van der Waals surface area contributed by atoms with Crippen molar-refractivity contribution in [2.45, 2.75) is 51.6 Å². The number of hydrogen-bond donors (Lipinski definition) is 1. The molecular formula is C12H24O3S. The summed E-state index contributed by atoms with van der Waals surface area (Å²) in [5, 5.41) is 9.99. The van der Waals surface area contributed by atoms with Crippen molar-refractivity contribution in [1.82, 2.24) is 0 Å². The van der Waals surface area contributed by atoms with Crippen molar-refractivity contribution < 1.29 is 13.5 Å². The van der Waals surface area contributed by atoms with Crippen LogP contribution in [0.25, 0.3) is 0 Å². The maximum Gasteiger partial charge on any atom is 0.147 e. The second-order valence-corrected chi connectivity index (χ2v) is 7.63. The normalized spacial score (nSPS) is 28.9. The molecule has 0 heterocycles. The minimum Gasteiger partial charge on any atom is -0.393 e. The third-order valence-corrected chi connectivity index (χ3v) is 4.57. The number of sulfone groups is 1. The highest BCUT2D eigenvalue weighted by Crippen LogP contribution is 2.32. The third-order valence-electron chi connectivity index (χ3n) is 3.54. The average Bonchev–Trinajstić information content (AvgIpc) is 2.15. The van der Waals surface area contributed by atoms with Crippen LogP contribution in [0.2, 0.25) is 0 Å². The first-order valence-electron chi connectivity index (χ1n) is 6.24. The number of aliphatic hydroxyl groups is 1. The van der Waals surface area contributed by atoms with Crippen LogP contribution in [0.1, 0.15) is 45.4 Å². The number of aliphatic hydroxyl groups excluding tert-OH is 1. The van der Waals surface area contributed by atoms with Gasteiger partial charge in [-0.1, -0.05) is 19.8 Å². The lowest BCUT2D eigenvalue weighted by atomic mass is 9.78. The van der Waals surface area contributed by atoms with E-state index in [0.717, 1.165) is 12.8 Å². The smallest absolute Gasteiger partial charge is 0.147 e. The van der Waals surface area contributed by atoms with Gasteiger partial charge in [0.05, 0.1) is 6.10 Å². The van der Waals surface area contributed by atoms with Crippen LogP contribution in [0.5, 0.6) is 0 Å². The third kappa shape index (κ3) is 5.30. The quantitative estimate of drug-likeness (QED) is 0.809. The molecule has 4 heteroatoms. The van der Waals surface area contributed by atoms with Crippen molar-refractivity contribution in [3.63, 3.8) is 0 Å². The van der Waals surface area contributed by atoms with Crippen molar-refractivity contribution in [2.24, 2.45) is 11.8 Å². The summed E-state index contributed by atoms with van der Waals surface area (Å²) in [6.07, 6.45) is 6.84. The van der Waals surface area contributed by atoms with Gasteiger partial charge >= 0.3 is 0 Å². The fourth-order valence-electron chi connectivity index (χ4n) is 2.62. The first kappa shape index (κ1) is 14.0. The summed E-state index contributed by atoms with van der Waals surface area (Å²) in [5.74, 6) is 1.30. The van der Waals surface area contributed by atoms with Crippen molar-refractivity contribution in [3.8, 4) is 0 Å². The van der Waals surface area contributed by atoms with E-state index in [-0.39, 0.29) is 11.9 Å². The number of hydrogen-bond acceptors (Lipinski definition) is 3. The molecule has 0 radical (unpaired) electrons. The fourth-order valence-corrected chi connectivity index (χ4v) is 3.31. The van der Waals surface area contributed by atoms with E-state index in [1.165, 1.54) is 19.1 Å². The SMILES string of the molecule is CC1CCCC(C(O)CCCS(C)(=O)=O)C1. The molecule has 1 N–H and O–H groups in total. The highest BCUT2D eigenvalue weighted by molar-refractivity contribution is 7.90. The molecule has 3 atom stereocenters. The van der Waals surface area contributed by atoms with E-state index in [0.29, 0.717) is 24.7 Å². The molecule has 0 bridgehead atoms. The molecule has 0 aromatic carbocycles. The molecule has 1 aliphatic carbocycles. The van der Waals surface area contributed by atoms with Gasteiger partial charge in [-0.2, -0.15) is 0 Å². The van der Waals surface area contributed by atoms with Crippen molar-refractivity contribution >= 4 is 9.84 Å². The van der Waals surface area contributed by atoms with Gasteiger partial charge in [0.15, 0.2) is 0 Å². The highest BCUT2D eigenvalue weighted by Gasteiger charge is 2.25. The topological polar surface area (TPSA) is 54.4 Å². The van der Waals surface area contributed by atoms with Gasteiger partial charge in [-0.3, -0.25) is 0 Å². The lowest BCUT2D eigenvalue weighted by Gasteiger charge is -2.30. The summed E-state index contributed by atoms with van der Waals surface area (Å²) >= 11 is 0. The van der Waals surface area contributed by atoms with Crippen LogP contribution in [0.4, 0.5) is 0 Å². The number of rotatable bonds is 5. The standard InChI is InChI=1S/C12H24O3S/c1-10-5-3-6-11(9-10)12(13)7-4-8-16(2,14)15/h10-13H,3-9H2,1-2H3. The van der Waals surface area contributed by atoms with Crippen LogP contribution in [0, 0.1) is 11.8 Å². The van der Waals surface area contributed by atoms with Crippen molar-refractivity contribution in [3.05, 3.63) is 0 Å². The average molecular weight is 248 g/mol. The largest absolute Gasteiger partial charge is 0.393 e. The monoisotopic (exact) mass is 248 g/mol. The Kier molecular flexibility index (Phi) is 5.25. The van der Waals surface area contributed by atoms with E-state index in [1.54, 1.807) is 0 Å². The van der Waals surface area contributed by atoms with Gasteiger partial charge in [-0.25, -0.2) is 8.42 Å². The van der Waals surface area contributed by atoms with Crippen LogP contribution in [-0.2, 0) is 9.84 Å². The van der Waals surface area contributed by atoms with Gasteiger partial charge < -0.3 is 5.11 Å². The molecule has 0 aliphatic heterocycles. The Bertz CT molecular complexity index is 297. The lowest BCUT2D eigenvalue weighted by Crippen LogP contribution is -2.26. The van der Waals surface area contributed by atoms with E-state index in [9.17, 15) is 13.5 Å². The molecular weight excluding hydrogens is 224 g/mol. The van der Waals surface area contributed by atoms with Gasteiger partial charge in [-0.05, 0) is 37.5 Å². The molecule has 0 amide bonds. The molecule has 1 aliphatic rings. The van der Waals surface area contributed by atoms with Crippen LogP contribution >= 0.6 is 0 Å². The summed E-state index contributed by atoms with van der Waals surface area (Å²) < 4.78 is 21.9. The van der Waals surface area contributed by atoms with E-state index in [4.69, 9.17) is 0 Å². The van der Waals surface area contributed by atoms with Gasteiger partial charge in [0.2, 0.25) is 0 Å². The molecule has 1 rings (SSSR count). The van der Waals surface area contributed by atoms with E-state index in [2.05, 4.69) is 6.92 Å². The van der Waals surface area contributed by atoms with Crippen LogP contribution in [0.15, 0.2) is 0 Å². The van der Waals surface area contributed by atoms with Gasteiger partial charge in [0, 0.05) is 12.0 Å². The van der Waals surface area contributed by atoms with Crippen LogP contribution < -0.4 is 0 Å². The molecule has 0 aromatic heterocycles. The zero-order chi connectivity index (χ0) is 12.2. The highest BCUT2D eigenvalue weighted by atomic mass is 32.2. The predicted octanol–water partition coefficient (Wildman–Crippen LogP) is 2.00. The van der Waals surface area contributed by atoms with E-state index < -0.39 is 9.84 Å². The molecule has 1 fully saturated rings. The maximum atomic E-state index is 11.0. The second kappa shape index (κ2) is 6.01. The Hall–Kier alpha value is -0.0900. The Morgan fingerprint density at radius 3 is 2.62 bits per heavy atom. The summed E-state index contributed by atoms with van der Waals surface area (Å²) in [6.45, 7) is 2.23. The Labute approximate surface area is 99.2 Å². The van der Waals surface area contributed by atoms with Crippen molar-refractivity contribution in [2.75, 3.05) is 12.0 Å². The first-order chi connectivity index (χ1) is 7.38. The summed E-state index contributed by atoms with van der Waals surface area (Å²) in [4.78, 5) is 0. The lowest BCUT2D eigenvalue weighted by molar-refractivity contribution is 0.0645. The van der Waals surface area contributed by atoms with E-state index in [1.807, 2.05) is 0 Å². The van der Waals surface area contributed by atoms with Crippen LogP contribution in [-0.4, -0.2) is 31.6 Å². The second-order valence-electron chi connectivity index (χ2n) is 5.37. The zero-order valence-electron chi connectivity index (χ0n) is 10.4.